The summed E-state index contributed by atoms with van der Waals surface area (Å²) < 4.78 is 4.75. The molecule has 0 aliphatic carbocycles. The standard InChI is InChI=1S/C10H11ClN2O4/c1-3-17-10(14)12(2)8-5-4-7(11)6-9(8)13(15)16/h4-6H,3H2,1-2H3. The van der Waals surface area contributed by atoms with Gasteiger partial charge in [0.2, 0.25) is 0 Å². The highest BCUT2D eigenvalue weighted by molar-refractivity contribution is 6.31. The van der Waals surface area contributed by atoms with E-state index >= 15 is 0 Å². The van der Waals surface area contributed by atoms with Gasteiger partial charge in [0.1, 0.15) is 5.69 Å². The minimum Gasteiger partial charge on any atom is -0.449 e. The van der Waals surface area contributed by atoms with Gasteiger partial charge in [-0.2, -0.15) is 0 Å². The van der Waals surface area contributed by atoms with Crippen molar-refractivity contribution in [1.29, 1.82) is 0 Å². The molecule has 0 heterocycles. The van der Waals surface area contributed by atoms with Crippen LogP contribution >= 0.6 is 11.6 Å². The number of benzene rings is 1. The number of anilines is 1. The molecule has 0 unspecified atom stereocenters. The smallest absolute Gasteiger partial charge is 0.414 e. The van der Waals surface area contributed by atoms with E-state index in [0.717, 1.165) is 4.90 Å². The van der Waals surface area contributed by atoms with Crippen LogP contribution < -0.4 is 4.90 Å². The Morgan fingerprint density at radius 3 is 2.76 bits per heavy atom. The Labute approximate surface area is 103 Å². The average Bonchev–Trinajstić information content (AvgIpc) is 2.28. The van der Waals surface area contributed by atoms with Gasteiger partial charge in [-0.25, -0.2) is 4.79 Å². The van der Waals surface area contributed by atoms with Crippen LogP contribution in [0, 0.1) is 10.1 Å². The van der Waals surface area contributed by atoms with Crippen molar-refractivity contribution in [3.05, 3.63) is 33.3 Å². The predicted octanol–water partition coefficient (Wildman–Crippen LogP) is 2.84. The van der Waals surface area contributed by atoms with Crippen LogP contribution in [0.1, 0.15) is 6.92 Å². The molecule has 1 rings (SSSR count). The Hall–Kier alpha value is -1.82. The molecule has 92 valence electrons. The Kier molecular flexibility index (Phi) is 4.28. The lowest BCUT2D eigenvalue weighted by molar-refractivity contribution is -0.384. The van der Waals surface area contributed by atoms with Crippen molar-refractivity contribution in [2.45, 2.75) is 6.92 Å². The van der Waals surface area contributed by atoms with Crippen molar-refractivity contribution in [2.24, 2.45) is 0 Å². The van der Waals surface area contributed by atoms with E-state index in [9.17, 15) is 14.9 Å². The lowest BCUT2D eigenvalue weighted by Crippen LogP contribution is -2.27. The summed E-state index contributed by atoms with van der Waals surface area (Å²) in [5.41, 5.74) is -0.106. The third-order valence-corrected chi connectivity index (χ3v) is 2.27. The quantitative estimate of drug-likeness (QED) is 0.617. The molecule has 0 aliphatic heterocycles. The summed E-state index contributed by atoms with van der Waals surface area (Å²) in [6.07, 6.45) is -0.655. The van der Waals surface area contributed by atoms with E-state index < -0.39 is 11.0 Å². The number of halogens is 1. The fourth-order valence-electron chi connectivity index (χ4n) is 1.25. The maximum atomic E-state index is 11.5. The van der Waals surface area contributed by atoms with Crippen LogP contribution in [0.25, 0.3) is 0 Å². The minimum absolute atomic E-state index is 0.137. The van der Waals surface area contributed by atoms with E-state index in [4.69, 9.17) is 16.3 Å². The summed E-state index contributed by atoms with van der Waals surface area (Å²) in [5, 5.41) is 11.1. The van der Waals surface area contributed by atoms with E-state index in [1.807, 2.05) is 0 Å². The molecular formula is C10H11ClN2O4. The summed E-state index contributed by atoms with van der Waals surface area (Å²) in [7, 11) is 1.40. The van der Waals surface area contributed by atoms with E-state index in [1.54, 1.807) is 6.92 Å². The lowest BCUT2D eigenvalue weighted by atomic mass is 10.2. The number of carbonyl (C=O) groups is 1. The molecule has 0 aromatic heterocycles. The molecule has 1 aromatic rings. The number of nitrogens with zero attached hydrogens (tertiary/aromatic N) is 2. The molecule has 1 amide bonds. The molecule has 0 fully saturated rings. The topological polar surface area (TPSA) is 72.7 Å². The number of nitro benzene ring substituents is 1. The van der Waals surface area contributed by atoms with Gasteiger partial charge in [-0.1, -0.05) is 11.6 Å². The number of nitro groups is 1. The average molecular weight is 259 g/mol. The number of amides is 1. The van der Waals surface area contributed by atoms with Crippen LogP contribution in [0.2, 0.25) is 5.02 Å². The number of carbonyl (C=O) groups excluding carboxylic acids is 1. The van der Waals surface area contributed by atoms with Crippen molar-refractivity contribution in [2.75, 3.05) is 18.6 Å². The van der Waals surface area contributed by atoms with Gasteiger partial charge in [0.05, 0.1) is 11.5 Å². The summed E-state index contributed by atoms with van der Waals surface area (Å²) in [6, 6.07) is 4.06. The molecule has 0 aliphatic rings. The van der Waals surface area contributed by atoms with Crippen LogP contribution in [0.15, 0.2) is 18.2 Å². The second kappa shape index (κ2) is 5.49. The van der Waals surface area contributed by atoms with Crippen LogP contribution in [-0.4, -0.2) is 24.7 Å². The van der Waals surface area contributed by atoms with E-state index in [0.29, 0.717) is 0 Å². The Morgan fingerprint density at radius 1 is 1.59 bits per heavy atom. The molecule has 0 spiro atoms. The summed E-state index contributed by atoms with van der Waals surface area (Å²) >= 11 is 5.67. The molecule has 0 saturated heterocycles. The van der Waals surface area contributed by atoms with Crippen LogP contribution in [0.5, 0.6) is 0 Å². The first-order chi connectivity index (χ1) is 7.97. The van der Waals surface area contributed by atoms with Gasteiger partial charge in [-0.15, -0.1) is 0 Å². The highest BCUT2D eigenvalue weighted by Gasteiger charge is 2.22. The van der Waals surface area contributed by atoms with Gasteiger partial charge >= 0.3 is 6.09 Å². The van der Waals surface area contributed by atoms with Gasteiger partial charge in [-0.3, -0.25) is 15.0 Å². The van der Waals surface area contributed by atoms with Crippen molar-refractivity contribution in [3.8, 4) is 0 Å². The zero-order valence-corrected chi connectivity index (χ0v) is 10.1. The molecule has 0 N–H and O–H groups in total. The largest absolute Gasteiger partial charge is 0.449 e. The van der Waals surface area contributed by atoms with Gasteiger partial charge < -0.3 is 4.74 Å². The van der Waals surface area contributed by atoms with Crippen LogP contribution in [0.3, 0.4) is 0 Å². The zero-order chi connectivity index (χ0) is 13.0. The van der Waals surface area contributed by atoms with Crippen molar-refractivity contribution >= 4 is 29.1 Å². The maximum Gasteiger partial charge on any atom is 0.414 e. The Morgan fingerprint density at radius 2 is 2.24 bits per heavy atom. The minimum atomic E-state index is -0.655. The normalized spacial score (nSPS) is 9.82. The molecule has 0 radical (unpaired) electrons. The van der Waals surface area contributed by atoms with Crippen LogP contribution in [0.4, 0.5) is 16.2 Å². The fraction of sp³-hybridized carbons (Fsp3) is 0.300. The second-order valence-electron chi connectivity index (χ2n) is 3.15. The van der Waals surface area contributed by atoms with Crippen molar-refractivity contribution < 1.29 is 14.5 Å². The Bertz CT molecular complexity index is 450. The molecule has 17 heavy (non-hydrogen) atoms. The molecule has 0 bridgehead atoms. The fourth-order valence-corrected chi connectivity index (χ4v) is 1.41. The Balaban J connectivity index is 3.12. The number of ether oxygens (including phenoxy) is 1. The number of hydrogen-bond donors (Lipinski definition) is 0. The molecular weight excluding hydrogens is 248 g/mol. The predicted molar refractivity (Wildman–Crippen MR) is 63.5 cm³/mol. The molecule has 0 atom stereocenters. The maximum absolute atomic E-state index is 11.5. The van der Waals surface area contributed by atoms with E-state index in [1.165, 1.54) is 25.2 Å². The van der Waals surface area contributed by atoms with Gasteiger partial charge in [0, 0.05) is 18.1 Å². The summed E-state index contributed by atoms with van der Waals surface area (Å²) in [6.45, 7) is 1.85. The zero-order valence-electron chi connectivity index (χ0n) is 9.34. The molecule has 0 saturated carbocycles. The van der Waals surface area contributed by atoms with Gasteiger partial charge in [0.15, 0.2) is 0 Å². The summed E-state index contributed by atoms with van der Waals surface area (Å²) in [4.78, 5) is 22.7. The third-order valence-electron chi connectivity index (χ3n) is 2.04. The SMILES string of the molecule is CCOC(=O)N(C)c1ccc(Cl)cc1[N+](=O)[O-]. The highest BCUT2D eigenvalue weighted by atomic mass is 35.5. The number of rotatable bonds is 3. The molecule has 1 aromatic carbocycles. The van der Waals surface area contributed by atoms with Gasteiger partial charge in [0.25, 0.3) is 5.69 Å². The van der Waals surface area contributed by atoms with Crippen molar-refractivity contribution in [1.82, 2.24) is 0 Å². The van der Waals surface area contributed by atoms with E-state index in [2.05, 4.69) is 0 Å². The number of hydrogen-bond acceptors (Lipinski definition) is 4. The summed E-state index contributed by atoms with van der Waals surface area (Å²) in [5.74, 6) is 0. The monoisotopic (exact) mass is 258 g/mol. The first-order valence-corrected chi connectivity index (χ1v) is 5.19. The van der Waals surface area contributed by atoms with Crippen molar-refractivity contribution in [3.63, 3.8) is 0 Å². The lowest BCUT2D eigenvalue weighted by Gasteiger charge is -2.16. The van der Waals surface area contributed by atoms with Gasteiger partial charge in [-0.05, 0) is 19.1 Å². The highest BCUT2D eigenvalue weighted by Crippen LogP contribution is 2.30. The van der Waals surface area contributed by atoms with Crippen LogP contribution in [-0.2, 0) is 4.74 Å². The second-order valence-corrected chi connectivity index (χ2v) is 3.58. The molecule has 6 nitrogen and oxygen atoms in total. The third kappa shape index (κ3) is 3.07. The van der Waals surface area contributed by atoms with E-state index in [-0.39, 0.29) is 23.0 Å². The first kappa shape index (κ1) is 13.2. The first-order valence-electron chi connectivity index (χ1n) is 4.81. The molecule has 7 heteroatoms.